The SMILES string of the molecule is CCC(C(N)=O)(c1ccccc1)c1ccc([N+](=O)[O-])cc1. The minimum atomic E-state index is -0.976. The molecule has 1 atom stereocenters. The minimum absolute atomic E-state index is 0.0127. The van der Waals surface area contributed by atoms with E-state index in [-0.39, 0.29) is 5.69 Å². The zero-order valence-corrected chi connectivity index (χ0v) is 11.7. The van der Waals surface area contributed by atoms with Crippen LogP contribution < -0.4 is 5.73 Å². The lowest BCUT2D eigenvalue weighted by Gasteiger charge is -2.30. The van der Waals surface area contributed by atoms with Crippen molar-refractivity contribution in [2.45, 2.75) is 18.8 Å². The van der Waals surface area contributed by atoms with Crippen molar-refractivity contribution in [3.63, 3.8) is 0 Å². The van der Waals surface area contributed by atoms with Crippen molar-refractivity contribution in [3.8, 4) is 0 Å². The molecular weight excluding hydrogens is 268 g/mol. The van der Waals surface area contributed by atoms with E-state index in [9.17, 15) is 14.9 Å². The fraction of sp³-hybridized carbons (Fsp3) is 0.188. The molecule has 0 heterocycles. The molecule has 2 rings (SSSR count). The second-order valence-electron chi connectivity index (χ2n) is 4.79. The number of carbonyl (C=O) groups excluding carboxylic acids is 1. The van der Waals surface area contributed by atoms with Gasteiger partial charge in [-0.3, -0.25) is 14.9 Å². The Morgan fingerprint density at radius 1 is 1.10 bits per heavy atom. The van der Waals surface area contributed by atoms with E-state index in [2.05, 4.69) is 0 Å². The summed E-state index contributed by atoms with van der Waals surface area (Å²) in [5.74, 6) is -0.468. The lowest BCUT2D eigenvalue weighted by molar-refractivity contribution is -0.384. The number of rotatable bonds is 5. The zero-order chi connectivity index (χ0) is 15.5. The molecule has 2 aromatic carbocycles. The molecule has 5 nitrogen and oxygen atoms in total. The Bertz CT molecular complexity index is 653. The molecule has 5 heteroatoms. The molecule has 0 saturated carbocycles. The van der Waals surface area contributed by atoms with E-state index in [1.807, 2.05) is 37.3 Å². The van der Waals surface area contributed by atoms with Crippen LogP contribution in [0, 0.1) is 10.1 Å². The molecule has 0 aliphatic carbocycles. The van der Waals surface area contributed by atoms with Crippen molar-refractivity contribution in [1.82, 2.24) is 0 Å². The highest BCUT2D eigenvalue weighted by Gasteiger charge is 2.38. The quantitative estimate of drug-likeness (QED) is 0.676. The van der Waals surface area contributed by atoms with Crippen LogP contribution in [0.25, 0.3) is 0 Å². The molecule has 0 saturated heterocycles. The zero-order valence-electron chi connectivity index (χ0n) is 11.7. The van der Waals surface area contributed by atoms with Crippen LogP contribution in [0.1, 0.15) is 24.5 Å². The van der Waals surface area contributed by atoms with Crippen molar-refractivity contribution in [1.29, 1.82) is 0 Å². The first-order valence-electron chi connectivity index (χ1n) is 6.62. The van der Waals surface area contributed by atoms with Crippen molar-refractivity contribution in [2.75, 3.05) is 0 Å². The molecule has 0 aliphatic rings. The molecule has 2 N–H and O–H groups in total. The fourth-order valence-corrected chi connectivity index (χ4v) is 2.62. The maximum absolute atomic E-state index is 12.2. The lowest BCUT2D eigenvalue weighted by Crippen LogP contribution is -2.41. The number of hydrogen-bond donors (Lipinski definition) is 1. The third kappa shape index (κ3) is 2.50. The molecule has 0 aromatic heterocycles. The second kappa shape index (κ2) is 5.75. The molecule has 0 spiro atoms. The van der Waals surface area contributed by atoms with Gasteiger partial charge in [0.1, 0.15) is 0 Å². The Morgan fingerprint density at radius 2 is 1.62 bits per heavy atom. The molecule has 1 unspecified atom stereocenters. The van der Waals surface area contributed by atoms with E-state index in [0.29, 0.717) is 12.0 Å². The summed E-state index contributed by atoms with van der Waals surface area (Å²) in [7, 11) is 0. The highest BCUT2D eigenvalue weighted by atomic mass is 16.6. The third-order valence-corrected chi connectivity index (χ3v) is 3.79. The number of nitrogens with zero attached hydrogens (tertiary/aromatic N) is 1. The number of nitro benzene ring substituents is 1. The summed E-state index contributed by atoms with van der Waals surface area (Å²) in [5, 5.41) is 10.7. The molecular formula is C16H16N2O3. The van der Waals surface area contributed by atoms with Gasteiger partial charge in [0, 0.05) is 12.1 Å². The molecule has 0 bridgehead atoms. The highest BCUT2D eigenvalue weighted by Crippen LogP contribution is 2.36. The van der Waals surface area contributed by atoms with Crippen LogP contribution in [0.2, 0.25) is 0 Å². The molecule has 0 fully saturated rings. The normalized spacial score (nSPS) is 13.4. The monoisotopic (exact) mass is 284 g/mol. The van der Waals surface area contributed by atoms with Gasteiger partial charge in [-0.1, -0.05) is 49.4 Å². The van der Waals surface area contributed by atoms with E-state index in [0.717, 1.165) is 5.56 Å². The highest BCUT2D eigenvalue weighted by molar-refractivity contribution is 5.90. The van der Waals surface area contributed by atoms with Crippen LogP contribution in [0.4, 0.5) is 5.69 Å². The topological polar surface area (TPSA) is 86.2 Å². The Morgan fingerprint density at radius 3 is 2.05 bits per heavy atom. The van der Waals surface area contributed by atoms with Crippen LogP contribution in [0.3, 0.4) is 0 Å². The Kier molecular flexibility index (Phi) is 4.03. The standard InChI is InChI=1S/C16H16N2O3/c1-2-16(15(17)19,12-6-4-3-5-7-12)13-8-10-14(11-9-13)18(20)21/h3-11H,2H2,1H3,(H2,17,19). The largest absolute Gasteiger partial charge is 0.369 e. The van der Waals surface area contributed by atoms with Gasteiger partial charge in [-0.2, -0.15) is 0 Å². The van der Waals surface area contributed by atoms with E-state index < -0.39 is 16.2 Å². The van der Waals surface area contributed by atoms with Crippen molar-refractivity contribution >= 4 is 11.6 Å². The van der Waals surface area contributed by atoms with Gasteiger partial charge in [-0.05, 0) is 17.5 Å². The van der Waals surface area contributed by atoms with Gasteiger partial charge in [-0.15, -0.1) is 0 Å². The number of benzene rings is 2. The van der Waals surface area contributed by atoms with Crippen LogP contribution in [0.5, 0.6) is 0 Å². The molecule has 1 amide bonds. The minimum Gasteiger partial charge on any atom is -0.369 e. The maximum atomic E-state index is 12.2. The number of amides is 1. The summed E-state index contributed by atoms with van der Waals surface area (Å²) in [6.45, 7) is 1.87. The number of hydrogen-bond acceptors (Lipinski definition) is 3. The van der Waals surface area contributed by atoms with Crippen molar-refractivity contribution in [2.24, 2.45) is 5.73 Å². The average Bonchev–Trinajstić information content (AvgIpc) is 2.50. The van der Waals surface area contributed by atoms with Gasteiger partial charge in [0.25, 0.3) is 5.69 Å². The van der Waals surface area contributed by atoms with Crippen LogP contribution in [0.15, 0.2) is 54.6 Å². The first-order chi connectivity index (χ1) is 10.0. The van der Waals surface area contributed by atoms with Gasteiger partial charge < -0.3 is 5.73 Å². The van der Waals surface area contributed by atoms with Gasteiger partial charge in [0.15, 0.2) is 0 Å². The third-order valence-electron chi connectivity index (χ3n) is 3.79. The van der Waals surface area contributed by atoms with Gasteiger partial charge in [0.2, 0.25) is 5.91 Å². The number of nitrogens with two attached hydrogens (primary N) is 1. The summed E-state index contributed by atoms with van der Waals surface area (Å²) < 4.78 is 0. The molecule has 0 aliphatic heterocycles. The first kappa shape index (κ1) is 14.7. The Labute approximate surface area is 122 Å². The van der Waals surface area contributed by atoms with Crippen LogP contribution >= 0.6 is 0 Å². The van der Waals surface area contributed by atoms with Crippen molar-refractivity contribution in [3.05, 3.63) is 75.8 Å². The van der Waals surface area contributed by atoms with Crippen molar-refractivity contribution < 1.29 is 9.72 Å². The van der Waals surface area contributed by atoms with E-state index in [1.54, 1.807) is 12.1 Å². The summed E-state index contributed by atoms with van der Waals surface area (Å²) in [4.78, 5) is 22.4. The average molecular weight is 284 g/mol. The van der Waals surface area contributed by atoms with E-state index in [1.165, 1.54) is 12.1 Å². The Balaban J connectivity index is 2.60. The number of carbonyl (C=O) groups is 1. The van der Waals surface area contributed by atoms with Gasteiger partial charge >= 0.3 is 0 Å². The Hall–Kier alpha value is -2.69. The van der Waals surface area contributed by atoms with Crippen LogP contribution in [-0.4, -0.2) is 10.8 Å². The summed E-state index contributed by atoms with van der Waals surface area (Å²) in [5.41, 5.74) is 6.13. The number of nitro groups is 1. The fourth-order valence-electron chi connectivity index (χ4n) is 2.62. The predicted octanol–water partition coefficient (Wildman–Crippen LogP) is 2.78. The molecule has 108 valence electrons. The second-order valence-corrected chi connectivity index (χ2v) is 4.79. The molecule has 21 heavy (non-hydrogen) atoms. The van der Waals surface area contributed by atoms with E-state index >= 15 is 0 Å². The van der Waals surface area contributed by atoms with Crippen LogP contribution in [-0.2, 0) is 10.2 Å². The predicted molar refractivity (Wildman–Crippen MR) is 79.8 cm³/mol. The molecule has 0 radical (unpaired) electrons. The van der Waals surface area contributed by atoms with Gasteiger partial charge in [0.05, 0.1) is 10.3 Å². The number of primary amides is 1. The maximum Gasteiger partial charge on any atom is 0.269 e. The summed E-state index contributed by atoms with van der Waals surface area (Å²) >= 11 is 0. The van der Waals surface area contributed by atoms with E-state index in [4.69, 9.17) is 5.73 Å². The summed E-state index contributed by atoms with van der Waals surface area (Å²) in [6, 6.07) is 15.2. The first-order valence-corrected chi connectivity index (χ1v) is 6.62. The lowest BCUT2D eigenvalue weighted by atomic mass is 9.72. The summed E-state index contributed by atoms with van der Waals surface area (Å²) in [6.07, 6.45) is 0.476. The molecule has 2 aromatic rings. The smallest absolute Gasteiger partial charge is 0.269 e. The number of non-ortho nitro benzene ring substituents is 1. The van der Waals surface area contributed by atoms with Gasteiger partial charge in [-0.25, -0.2) is 0 Å².